The number of hydrogen-bond acceptors (Lipinski definition) is 5. The lowest BCUT2D eigenvalue weighted by molar-refractivity contribution is 0.0627. The van der Waals surface area contributed by atoms with Crippen LogP contribution in [0.15, 0.2) is 51.2 Å². The first-order valence-corrected chi connectivity index (χ1v) is 10.0. The fourth-order valence-corrected chi connectivity index (χ4v) is 4.25. The molecule has 1 saturated heterocycles. The molecule has 0 aliphatic carbocycles. The molecule has 134 valence electrons. The van der Waals surface area contributed by atoms with Gasteiger partial charge in [0.25, 0.3) is 11.5 Å². The van der Waals surface area contributed by atoms with Gasteiger partial charge in [0.1, 0.15) is 0 Å². The number of rotatable bonds is 3. The van der Waals surface area contributed by atoms with Crippen molar-refractivity contribution in [1.82, 2.24) is 19.2 Å². The fraction of sp³-hybridized carbons (Fsp3) is 0.278. The number of piperazine rings is 1. The Bertz CT molecular complexity index is 1010. The summed E-state index contributed by atoms with van der Waals surface area (Å²) in [4.78, 5) is 34.1. The maximum Gasteiger partial charge on any atom is 0.258 e. The third-order valence-electron chi connectivity index (χ3n) is 4.47. The predicted molar refractivity (Wildman–Crippen MR) is 105 cm³/mol. The first-order chi connectivity index (χ1) is 12.6. The van der Waals surface area contributed by atoms with Gasteiger partial charge in [-0.25, -0.2) is 4.98 Å². The molecule has 1 aliphatic heterocycles. The zero-order valence-corrected chi connectivity index (χ0v) is 16.4. The number of benzene rings is 1. The van der Waals surface area contributed by atoms with Gasteiger partial charge >= 0.3 is 0 Å². The van der Waals surface area contributed by atoms with Crippen molar-refractivity contribution in [2.45, 2.75) is 6.54 Å². The molecular weight excluding hydrogens is 416 g/mol. The number of carbonyl (C=O) groups is 1. The number of aromatic nitrogens is 2. The Labute approximate surface area is 162 Å². The zero-order chi connectivity index (χ0) is 18.1. The molecule has 1 fully saturated rings. The molecule has 2 aromatic heterocycles. The first-order valence-electron chi connectivity index (χ1n) is 8.33. The molecular formula is C18H17BrN4O2S. The Morgan fingerprint density at radius 2 is 2.00 bits per heavy atom. The van der Waals surface area contributed by atoms with Gasteiger partial charge in [0, 0.05) is 60.4 Å². The normalized spacial score (nSPS) is 15.5. The van der Waals surface area contributed by atoms with Gasteiger partial charge in [-0.2, -0.15) is 0 Å². The Balaban J connectivity index is 1.40. The highest BCUT2D eigenvalue weighted by molar-refractivity contribution is 9.10. The summed E-state index contributed by atoms with van der Waals surface area (Å²) in [5.41, 5.74) is 1.43. The van der Waals surface area contributed by atoms with Crippen molar-refractivity contribution in [3.63, 3.8) is 0 Å². The Kier molecular flexibility index (Phi) is 4.88. The van der Waals surface area contributed by atoms with Crippen LogP contribution in [0.4, 0.5) is 0 Å². The molecule has 26 heavy (non-hydrogen) atoms. The van der Waals surface area contributed by atoms with Crippen LogP contribution in [0.25, 0.3) is 4.96 Å². The molecule has 0 unspecified atom stereocenters. The minimum atomic E-state index is -0.0466. The number of hydrogen-bond donors (Lipinski definition) is 0. The standard InChI is InChI=1S/C18H17BrN4O2S/c19-14-3-1-2-13(10-14)17(25)22-6-4-21(5-7-22)12-15-11-16(24)23-8-9-26-18(23)20-15/h1-3,8-11H,4-7,12H2. The molecule has 1 aromatic carbocycles. The molecule has 0 radical (unpaired) electrons. The number of carbonyl (C=O) groups excluding carboxylic acids is 1. The van der Waals surface area contributed by atoms with Gasteiger partial charge in [-0.05, 0) is 18.2 Å². The maximum atomic E-state index is 12.6. The van der Waals surface area contributed by atoms with E-state index in [9.17, 15) is 9.59 Å². The maximum absolute atomic E-state index is 12.6. The Morgan fingerprint density at radius 1 is 1.19 bits per heavy atom. The monoisotopic (exact) mass is 432 g/mol. The van der Waals surface area contributed by atoms with Gasteiger partial charge in [0.15, 0.2) is 4.96 Å². The number of fused-ring (bicyclic) bond motifs is 1. The molecule has 0 spiro atoms. The highest BCUT2D eigenvalue weighted by atomic mass is 79.9. The largest absolute Gasteiger partial charge is 0.336 e. The van der Waals surface area contributed by atoms with Crippen LogP contribution < -0.4 is 5.56 Å². The van der Waals surface area contributed by atoms with E-state index in [4.69, 9.17) is 0 Å². The van der Waals surface area contributed by atoms with E-state index >= 15 is 0 Å². The summed E-state index contributed by atoms with van der Waals surface area (Å²) in [6, 6.07) is 9.07. The van der Waals surface area contributed by atoms with E-state index in [2.05, 4.69) is 25.8 Å². The molecule has 4 rings (SSSR count). The van der Waals surface area contributed by atoms with Crippen LogP contribution in [-0.4, -0.2) is 51.3 Å². The Morgan fingerprint density at radius 3 is 2.77 bits per heavy atom. The molecule has 0 saturated carbocycles. The average molecular weight is 433 g/mol. The van der Waals surface area contributed by atoms with E-state index in [1.807, 2.05) is 34.5 Å². The predicted octanol–water partition coefficient (Wildman–Crippen LogP) is 2.48. The summed E-state index contributed by atoms with van der Waals surface area (Å²) in [5, 5.41) is 1.86. The van der Waals surface area contributed by atoms with E-state index in [1.54, 1.807) is 16.7 Å². The molecule has 0 atom stereocenters. The highest BCUT2D eigenvalue weighted by Gasteiger charge is 2.22. The van der Waals surface area contributed by atoms with E-state index in [-0.39, 0.29) is 11.5 Å². The summed E-state index contributed by atoms with van der Waals surface area (Å²) >= 11 is 4.87. The van der Waals surface area contributed by atoms with Crippen LogP contribution in [-0.2, 0) is 6.54 Å². The van der Waals surface area contributed by atoms with Gasteiger partial charge in [-0.3, -0.25) is 18.9 Å². The average Bonchev–Trinajstić information content (AvgIpc) is 3.11. The zero-order valence-electron chi connectivity index (χ0n) is 14.0. The van der Waals surface area contributed by atoms with Crippen LogP contribution in [0.2, 0.25) is 0 Å². The number of halogens is 1. The van der Waals surface area contributed by atoms with Gasteiger partial charge in [-0.1, -0.05) is 22.0 Å². The van der Waals surface area contributed by atoms with Crippen LogP contribution in [0, 0.1) is 0 Å². The minimum Gasteiger partial charge on any atom is -0.336 e. The second-order valence-corrected chi connectivity index (χ2v) is 8.01. The van der Waals surface area contributed by atoms with E-state index < -0.39 is 0 Å². The van der Waals surface area contributed by atoms with Crippen molar-refractivity contribution in [3.8, 4) is 0 Å². The smallest absolute Gasteiger partial charge is 0.258 e. The molecule has 3 heterocycles. The van der Waals surface area contributed by atoms with Crippen LogP contribution in [0.3, 0.4) is 0 Å². The van der Waals surface area contributed by atoms with Crippen molar-refractivity contribution in [1.29, 1.82) is 0 Å². The number of thiazole rings is 1. The van der Waals surface area contributed by atoms with Crippen molar-refractivity contribution in [2.24, 2.45) is 0 Å². The van der Waals surface area contributed by atoms with Crippen molar-refractivity contribution < 1.29 is 4.79 Å². The molecule has 3 aromatic rings. The third-order valence-corrected chi connectivity index (χ3v) is 5.72. The van der Waals surface area contributed by atoms with Gasteiger partial charge < -0.3 is 4.90 Å². The number of nitrogens with zero attached hydrogens (tertiary/aromatic N) is 4. The molecule has 8 heteroatoms. The second-order valence-electron chi connectivity index (χ2n) is 6.22. The lowest BCUT2D eigenvalue weighted by Gasteiger charge is -2.34. The van der Waals surface area contributed by atoms with Crippen molar-refractivity contribution in [3.05, 3.63) is 68.0 Å². The summed E-state index contributed by atoms with van der Waals surface area (Å²) in [6.07, 6.45) is 1.74. The molecule has 0 N–H and O–H groups in total. The lowest BCUT2D eigenvalue weighted by Crippen LogP contribution is -2.48. The number of amides is 1. The summed E-state index contributed by atoms with van der Waals surface area (Å²) in [5.74, 6) is 0.0577. The van der Waals surface area contributed by atoms with Crippen molar-refractivity contribution >= 4 is 38.1 Å². The lowest BCUT2D eigenvalue weighted by atomic mass is 10.2. The fourth-order valence-electron chi connectivity index (χ4n) is 3.11. The Hall–Kier alpha value is -2.03. The molecule has 1 amide bonds. The van der Waals surface area contributed by atoms with E-state index in [0.29, 0.717) is 25.2 Å². The SMILES string of the molecule is O=C(c1cccc(Br)c1)N1CCN(Cc2cc(=O)n3ccsc3n2)CC1. The minimum absolute atomic E-state index is 0.0466. The molecule has 6 nitrogen and oxygen atoms in total. The van der Waals surface area contributed by atoms with E-state index in [0.717, 1.165) is 28.2 Å². The summed E-state index contributed by atoms with van der Waals surface area (Å²) in [7, 11) is 0. The molecule has 1 aliphatic rings. The van der Waals surface area contributed by atoms with Gasteiger partial charge in [0.2, 0.25) is 0 Å². The van der Waals surface area contributed by atoms with Gasteiger partial charge in [-0.15, -0.1) is 11.3 Å². The third kappa shape index (κ3) is 3.58. The van der Waals surface area contributed by atoms with Crippen LogP contribution in [0.1, 0.15) is 16.1 Å². The quantitative estimate of drug-likeness (QED) is 0.637. The second kappa shape index (κ2) is 7.30. The summed E-state index contributed by atoms with van der Waals surface area (Å²) in [6.45, 7) is 3.51. The van der Waals surface area contributed by atoms with Crippen LogP contribution >= 0.6 is 27.3 Å². The van der Waals surface area contributed by atoms with Crippen molar-refractivity contribution in [2.75, 3.05) is 26.2 Å². The summed E-state index contributed by atoms with van der Waals surface area (Å²) < 4.78 is 2.46. The first kappa shape index (κ1) is 17.4. The highest BCUT2D eigenvalue weighted by Crippen LogP contribution is 2.15. The molecule has 0 bridgehead atoms. The topological polar surface area (TPSA) is 57.9 Å². The van der Waals surface area contributed by atoms with Gasteiger partial charge in [0.05, 0.1) is 5.69 Å². The van der Waals surface area contributed by atoms with E-state index in [1.165, 1.54) is 11.3 Å². The van der Waals surface area contributed by atoms with Crippen LogP contribution in [0.5, 0.6) is 0 Å².